The summed E-state index contributed by atoms with van der Waals surface area (Å²) >= 11 is 0. The van der Waals surface area contributed by atoms with Crippen LogP contribution in [0.1, 0.15) is 72.1 Å². The van der Waals surface area contributed by atoms with Crippen LogP contribution in [-0.4, -0.2) is 36.9 Å². The number of esters is 2. The Labute approximate surface area is 163 Å². The molecule has 0 saturated heterocycles. The van der Waals surface area contributed by atoms with Gasteiger partial charge in [-0.3, -0.25) is 9.59 Å². The number of rotatable bonds is 4. The first-order valence-electron chi connectivity index (χ1n) is 10.4. The molecule has 0 unspecified atom stereocenters. The third kappa shape index (κ3) is 3.20. The van der Waals surface area contributed by atoms with Gasteiger partial charge in [0.2, 0.25) is 0 Å². The molecule has 3 aliphatic rings. The van der Waals surface area contributed by atoms with E-state index >= 15 is 0 Å². The fourth-order valence-corrected chi connectivity index (χ4v) is 7.06. The van der Waals surface area contributed by atoms with Crippen LogP contribution in [0.4, 0.5) is 0 Å². The highest BCUT2D eigenvalue weighted by Crippen LogP contribution is 2.67. The topological polar surface area (TPSA) is 72.8 Å². The van der Waals surface area contributed by atoms with Gasteiger partial charge in [-0.15, -0.1) is 0 Å². The lowest BCUT2D eigenvalue weighted by molar-refractivity contribution is -0.164. The third-order valence-electron chi connectivity index (χ3n) is 9.02. The van der Waals surface area contributed by atoms with Gasteiger partial charge in [0.25, 0.3) is 0 Å². The van der Waals surface area contributed by atoms with Gasteiger partial charge in [0.1, 0.15) is 0 Å². The van der Waals surface area contributed by atoms with Crippen LogP contribution in [0.25, 0.3) is 0 Å². The Morgan fingerprint density at radius 2 is 1.56 bits per heavy atom. The summed E-state index contributed by atoms with van der Waals surface area (Å²) in [4.78, 5) is 24.3. The summed E-state index contributed by atoms with van der Waals surface area (Å²) in [6, 6.07) is 0. The molecule has 0 aromatic carbocycles. The summed E-state index contributed by atoms with van der Waals surface area (Å²) in [6.45, 7) is 6.45. The number of fused-ring (bicyclic) bond motifs is 3. The molecule has 154 valence electrons. The first-order chi connectivity index (χ1) is 12.6. The minimum Gasteiger partial charge on any atom is -0.469 e. The van der Waals surface area contributed by atoms with Gasteiger partial charge in [0, 0.05) is 6.42 Å². The lowest BCUT2D eigenvalue weighted by Crippen LogP contribution is -2.55. The van der Waals surface area contributed by atoms with Crippen LogP contribution >= 0.6 is 0 Å². The summed E-state index contributed by atoms with van der Waals surface area (Å²) in [5, 5.41) is 11.0. The number of carbonyl (C=O) groups is 2. The molecule has 3 fully saturated rings. The minimum atomic E-state index is -0.607. The molecule has 0 radical (unpaired) electrons. The summed E-state index contributed by atoms with van der Waals surface area (Å²) in [6.07, 6.45) is 6.61. The maximum atomic E-state index is 12.3. The highest BCUT2D eigenvalue weighted by molar-refractivity contribution is 5.71. The fraction of sp³-hybridized carbons (Fsp3) is 0.909. The molecule has 27 heavy (non-hydrogen) atoms. The highest BCUT2D eigenvalue weighted by atomic mass is 16.5. The number of ether oxygens (including phenoxy) is 2. The number of methoxy groups -OCH3 is 2. The van der Waals surface area contributed by atoms with Crippen molar-refractivity contribution >= 4 is 11.9 Å². The second kappa shape index (κ2) is 7.06. The third-order valence-corrected chi connectivity index (χ3v) is 9.02. The van der Waals surface area contributed by atoms with E-state index in [0.717, 1.165) is 38.5 Å². The molecule has 0 aromatic rings. The predicted octanol–water partition coefficient (Wildman–Crippen LogP) is 3.72. The number of hydrogen-bond acceptors (Lipinski definition) is 5. The number of aliphatic hydroxyl groups is 1. The zero-order chi connectivity index (χ0) is 20.0. The van der Waals surface area contributed by atoms with E-state index in [9.17, 15) is 14.7 Å². The first-order valence-corrected chi connectivity index (χ1v) is 10.4. The zero-order valence-corrected chi connectivity index (χ0v) is 17.5. The Morgan fingerprint density at radius 1 is 0.926 bits per heavy atom. The molecule has 0 aliphatic heterocycles. The monoisotopic (exact) mass is 380 g/mol. The Morgan fingerprint density at radius 3 is 2.19 bits per heavy atom. The standard InChI is InChI=1S/C22H36O5/c1-20(13-19(24)27-5)14(12-18(23)26-4)6-7-15-16(20)8-10-21(2)17(15)9-11-22(21,3)25/h14-17,25H,6-13H2,1-5H3/t14-,15+,16-,17-,20-,21-,22-/m0/s1. The lowest BCUT2D eigenvalue weighted by Gasteiger charge is -2.59. The van der Waals surface area contributed by atoms with Crippen molar-refractivity contribution in [2.45, 2.75) is 77.7 Å². The largest absolute Gasteiger partial charge is 0.469 e. The van der Waals surface area contributed by atoms with Gasteiger partial charge < -0.3 is 14.6 Å². The average Bonchev–Trinajstić information content (AvgIpc) is 2.87. The van der Waals surface area contributed by atoms with Crippen LogP contribution in [0.5, 0.6) is 0 Å². The number of carbonyl (C=O) groups excluding carboxylic acids is 2. The van der Waals surface area contributed by atoms with Gasteiger partial charge in [-0.1, -0.05) is 13.8 Å². The van der Waals surface area contributed by atoms with E-state index in [4.69, 9.17) is 9.47 Å². The molecule has 3 saturated carbocycles. The maximum Gasteiger partial charge on any atom is 0.306 e. The molecule has 0 heterocycles. The van der Waals surface area contributed by atoms with E-state index in [0.29, 0.717) is 30.6 Å². The molecule has 1 N–H and O–H groups in total. The quantitative estimate of drug-likeness (QED) is 0.753. The molecule has 5 heteroatoms. The summed E-state index contributed by atoms with van der Waals surface area (Å²) in [5.41, 5.74) is -0.917. The maximum absolute atomic E-state index is 12.3. The van der Waals surface area contributed by atoms with Crippen LogP contribution in [-0.2, 0) is 19.1 Å². The van der Waals surface area contributed by atoms with Crippen molar-refractivity contribution in [2.75, 3.05) is 14.2 Å². The van der Waals surface area contributed by atoms with Crippen molar-refractivity contribution in [3.05, 3.63) is 0 Å². The Hall–Kier alpha value is -1.10. The molecule has 0 bridgehead atoms. The molecule has 0 spiro atoms. The van der Waals surface area contributed by atoms with Gasteiger partial charge in [-0.2, -0.15) is 0 Å². The van der Waals surface area contributed by atoms with Gasteiger partial charge >= 0.3 is 11.9 Å². The van der Waals surface area contributed by atoms with Crippen molar-refractivity contribution in [3.63, 3.8) is 0 Å². The smallest absolute Gasteiger partial charge is 0.306 e. The van der Waals surface area contributed by atoms with Crippen molar-refractivity contribution < 1.29 is 24.2 Å². The van der Waals surface area contributed by atoms with Crippen LogP contribution in [0, 0.1) is 34.5 Å². The van der Waals surface area contributed by atoms with Gasteiger partial charge in [-0.05, 0) is 80.0 Å². The molecule has 0 aromatic heterocycles. The molecule has 3 aliphatic carbocycles. The van der Waals surface area contributed by atoms with Crippen molar-refractivity contribution in [2.24, 2.45) is 34.5 Å². The zero-order valence-electron chi connectivity index (χ0n) is 17.5. The molecule has 0 amide bonds. The summed E-state index contributed by atoms with van der Waals surface area (Å²) < 4.78 is 9.96. The van der Waals surface area contributed by atoms with Crippen molar-refractivity contribution in [1.29, 1.82) is 0 Å². The van der Waals surface area contributed by atoms with E-state index in [1.165, 1.54) is 14.2 Å². The second-order valence-electron chi connectivity index (χ2n) is 9.96. The van der Waals surface area contributed by atoms with E-state index < -0.39 is 5.60 Å². The molecule has 3 rings (SSSR count). The minimum absolute atomic E-state index is 0.0461. The summed E-state index contributed by atoms with van der Waals surface area (Å²) in [5.74, 6) is 1.12. The highest BCUT2D eigenvalue weighted by Gasteiger charge is 2.63. The SMILES string of the molecule is COC(=O)C[C@@H]1CC[C@@H]2[C@H](CC[C@@]3(C)[C@H]2CC[C@]3(C)O)[C@@]1(C)CC(=O)OC. The summed E-state index contributed by atoms with van der Waals surface area (Å²) in [7, 11) is 2.87. The van der Waals surface area contributed by atoms with E-state index in [1.807, 2.05) is 6.92 Å². The van der Waals surface area contributed by atoms with Gasteiger partial charge in [-0.25, -0.2) is 0 Å². The van der Waals surface area contributed by atoms with Crippen LogP contribution in [0.3, 0.4) is 0 Å². The van der Waals surface area contributed by atoms with E-state index in [2.05, 4.69) is 13.8 Å². The Bertz CT molecular complexity index is 600. The van der Waals surface area contributed by atoms with Crippen LogP contribution < -0.4 is 0 Å². The fourth-order valence-electron chi connectivity index (χ4n) is 7.06. The van der Waals surface area contributed by atoms with E-state index in [1.54, 1.807) is 0 Å². The molecule has 5 nitrogen and oxygen atoms in total. The Kier molecular flexibility index (Phi) is 5.39. The van der Waals surface area contributed by atoms with Crippen molar-refractivity contribution in [3.8, 4) is 0 Å². The van der Waals surface area contributed by atoms with E-state index in [-0.39, 0.29) is 28.7 Å². The van der Waals surface area contributed by atoms with Crippen molar-refractivity contribution in [1.82, 2.24) is 0 Å². The average molecular weight is 381 g/mol. The van der Waals surface area contributed by atoms with Gasteiger partial charge in [0.15, 0.2) is 0 Å². The normalized spacial score (nSPS) is 46.3. The Balaban J connectivity index is 1.91. The lowest BCUT2D eigenvalue weighted by atomic mass is 9.46. The second-order valence-corrected chi connectivity index (χ2v) is 9.96. The molecular weight excluding hydrogens is 344 g/mol. The number of hydrogen-bond donors (Lipinski definition) is 1. The van der Waals surface area contributed by atoms with Gasteiger partial charge in [0.05, 0.1) is 26.2 Å². The molecular formula is C22H36O5. The predicted molar refractivity (Wildman–Crippen MR) is 102 cm³/mol. The van der Waals surface area contributed by atoms with Crippen LogP contribution in [0.2, 0.25) is 0 Å². The first kappa shape index (κ1) is 20.6. The molecule has 7 atom stereocenters. The van der Waals surface area contributed by atoms with Crippen LogP contribution in [0.15, 0.2) is 0 Å².